The summed E-state index contributed by atoms with van der Waals surface area (Å²) >= 11 is 0. The largest absolute Gasteiger partial charge is 0.508 e. The summed E-state index contributed by atoms with van der Waals surface area (Å²) in [5, 5.41) is 15.9. The third-order valence-corrected chi connectivity index (χ3v) is 7.51. The summed E-state index contributed by atoms with van der Waals surface area (Å²) < 4.78 is 2.01. The molecule has 1 amide bonds. The average molecular weight is 505 g/mol. The number of nitrogens with one attached hydrogen (secondary N) is 1. The molecule has 38 heavy (non-hydrogen) atoms. The molecule has 8 heteroatoms. The number of aromatic hydroxyl groups is 1. The first kappa shape index (κ1) is 22.7. The second-order valence-electron chi connectivity index (χ2n) is 10.3. The zero-order valence-corrected chi connectivity index (χ0v) is 20.9. The lowest BCUT2D eigenvalue weighted by atomic mass is 10.1. The molecule has 190 valence electrons. The molecule has 3 heterocycles. The first-order valence-corrected chi connectivity index (χ1v) is 13.2. The van der Waals surface area contributed by atoms with Crippen LogP contribution in [-0.4, -0.2) is 54.6 Å². The Kier molecular flexibility index (Phi) is 5.46. The SMILES string of the molecule is O=C(C1CC1)N1CCC[C@H](Nc2nccc(-n3c(-c4ccc5ccccc5c4)nc4cc(O)ccc43)n2)C1. The number of anilines is 1. The number of phenols is 1. The van der Waals surface area contributed by atoms with Gasteiger partial charge in [0.2, 0.25) is 11.9 Å². The van der Waals surface area contributed by atoms with Crippen molar-refractivity contribution in [2.45, 2.75) is 31.7 Å². The minimum absolute atomic E-state index is 0.109. The van der Waals surface area contributed by atoms with Gasteiger partial charge in [-0.05, 0) is 60.7 Å². The number of hydrogen-bond acceptors (Lipinski definition) is 6. The van der Waals surface area contributed by atoms with Gasteiger partial charge in [0.15, 0.2) is 0 Å². The van der Waals surface area contributed by atoms with E-state index in [1.54, 1.807) is 18.3 Å². The lowest BCUT2D eigenvalue weighted by Crippen LogP contribution is -2.45. The number of piperidine rings is 1. The molecule has 1 saturated heterocycles. The number of likely N-dealkylation sites (tertiary alicyclic amines) is 1. The quantitative estimate of drug-likeness (QED) is 0.344. The fraction of sp³-hybridized carbons (Fsp3) is 0.267. The Morgan fingerprint density at radius 2 is 1.82 bits per heavy atom. The number of imidazole rings is 1. The van der Waals surface area contributed by atoms with Gasteiger partial charge in [-0.15, -0.1) is 0 Å². The van der Waals surface area contributed by atoms with Gasteiger partial charge in [-0.25, -0.2) is 9.97 Å². The normalized spacial score (nSPS) is 17.7. The summed E-state index contributed by atoms with van der Waals surface area (Å²) in [4.78, 5) is 28.9. The first-order chi connectivity index (χ1) is 18.6. The standard InChI is InChI=1S/C30H28N6O2/c37-24-11-12-26-25(17-24)33-28(22-10-7-19-4-1-2-5-21(19)16-22)36(26)27-13-14-31-30(34-27)32-23-6-3-15-35(18-23)29(38)20-8-9-20/h1-2,4-5,7,10-14,16-17,20,23,37H,3,6,8-9,15,18H2,(H,31,32,34)/t23-/m0/s1. The molecule has 2 N–H and O–H groups in total. The highest BCUT2D eigenvalue weighted by molar-refractivity contribution is 5.89. The summed E-state index contributed by atoms with van der Waals surface area (Å²) in [5.41, 5.74) is 2.48. The minimum Gasteiger partial charge on any atom is -0.508 e. The van der Waals surface area contributed by atoms with E-state index in [0.29, 0.717) is 29.7 Å². The van der Waals surface area contributed by atoms with Crippen molar-refractivity contribution in [2.24, 2.45) is 5.92 Å². The number of rotatable bonds is 5. The summed E-state index contributed by atoms with van der Waals surface area (Å²) in [6, 6.07) is 21.7. The number of carbonyl (C=O) groups is 1. The number of phenolic OH excluding ortho intramolecular Hbond substituents is 1. The summed E-state index contributed by atoms with van der Waals surface area (Å²) in [6.45, 7) is 1.51. The van der Waals surface area contributed by atoms with Crippen LogP contribution >= 0.6 is 0 Å². The Labute approximate surface area is 220 Å². The average Bonchev–Trinajstić information content (AvgIpc) is 3.73. The van der Waals surface area contributed by atoms with Crippen molar-refractivity contribution < 1.29 is 9.90 Å². The van der Waals surface area contributed by atoms with Crippen molar-refractivity contribution in [3.05, 3.63) is 72.9 Å². The number of carbonyl (C=O) groups excluding carboxylic acids is 1. The van der Waals surface area contributed by atoms with E-state index in [1.807, 2.05) is 33.7 Å². The molecule has 5 aromatic rings. The lowest BCUT2D eigenvalue weighted by molar-refractivity contribution is -0.133. The van der Waals surface area contributed by atoms with Crippen molar-refractivity contribution >= 4 is 33.7 Å². The van der Waals surface area contributed by atoms with E-state index >= 15 is 0 Å². The van der Waals surface area contributed by atoms with Gasteiger partial charge in [0.1, 0.15) is 17.4 Å². The van der Waals surface area contributed by atoms with E-state index in [9.17, 15) is 9.90 Å². The van der Waals surface area contributed by atoms with E-state index in [-0.39, 0.29) is 17.7 Å². The van der Waals surface area contributed by atoms with Crippen LogP contribution in [0.15, 0.2) is 72.9 Å². The van der Waals surface area contributed by atoms with E-state index in [4.69, 9.17) is 9.97 Å². The van der Waals surface area contributed by atoms with Crippen molar-refractivity contribution in [2.75, 3.05) is 18.4 Å². The molecule has 0 spiro atoms. The third-order valence-electron chi connectivity index (χ3n) is 7.51. The van der Waals surface area contributed by atoms with E-state index in [0.717, 1.165) is 59.9 Å². The van der Waals surface area contributed by atoms with Crippen LogP contribution in [0, 0.1) is 5.92 Å². The molecule has 1 aliphatic heterocycles. The van der Waals surface area contributed by atoms with Crippen LogP contribution in [0.25, 0.3) is 39.0 Å². The van der Waals surface area contributed by atoms with Gasteiger partial charge in [0.25, 0.3) is 0 Å². The third kappa shape index (κ3) is 4.22. The second kappa shape index (κ2) is 9.13. The summed E-state index contributed by atoms with van der Waals surface area (Å²) in [6.07, 6.45) is 5.73. The smallest absolute Gasteiger partial charge is 0.225 e. The van der Waals surface area contributed by atoms with Crippen molar-refractivity contribution in [3.63, 3.8) is 0 Å². The Bertz CT molecular complexity index is 1670. The molecule has 1 saturated carbocycles. The number of amides is 1. The molecule has 8 nitrogen and oxygen atoms in total. The summed E-state index contributed by atoms with van der Waals surface area (Å²) in [5.74, 6) is 2.63. The second-order valence-corrected chi connectivity index (χ2v) is 10.3. The van der Waals surface area contributed by atoms with Crippen molar-refractivity contribution in [1.82, 2.24) is 24.4 Å². The van der Waals surface area contributed by atoms with Crippen LogP contribution < -0.4 is 5.32 Å². The minimum atomic E-state index is 0.109. The molecular formula is C30H28N6O2. The Morgan fingerprint density at radius 1 is 0.947 bits per heavy atom. The number of hydrogen-bond donors (Lipinski definition) is 2. The van der Waals surface area contributed by atoms with Gasteiger partial charge in [0.05, 0.1) is 11.0 Å². The Hall–Kier alpha value is -4.46. The fourth-order valence-electron chi connectivity index (χ4n) is 5.43. The van der Waals surface area contributed by atoms with Crippen LogP contribution in [0.4, 0.5) is 5.95 Å². The molecule has 2 aliphatic rings. The number of nitrogens with zero attached hydrogens (tertiary/aromatic N) is 5. The number of fused-ring (bicyclic) bond motifs is 2. The maximum absolute atomic E-state index is 12.6. The fourth-order valence-corrected chi connectivity index (χ4v) is 5.43. The maximum atomic E-state index is 12.6. The van der Waals surface area contributed by atoms with E-state index < -0.39 is 0 Å². The number of benzene rings is 3. The topological polar surface area (TPSA) is 96.2 Å². The molecule has 0 radical (unpaired) electrons. The van der Waals surface area contributed by atoms with Gasteiger partial charge in [-0.1, -0.05) is 36.4 Å². The predicted molar refractivity (Wildman–Crippen MR) is 147 cm³/mol. The predicted octanol–water partition coefficient (Wildman–Crippen LogP) is 5.15. The number of aromatic nitrogens is 4. The van der Waals surface area contributed by atoms with Gasteiger partial charge >= 0.3 is 0 Å². The molecule has 1 aliphatic carbocycles. The first-order valence-electron chi connectivity index (χ1n) is 13.2. The van der Waals surface area contributed by atoms with Crippen LogP contribution in [-0.2, 0) is 4.79 Å². The van der Waals surface area contributed by atoms with Crippen LogP contribution in [0.1, 0.15) is 25.7 Å². The molecule has 2 aromatic heterocycles. The molecule has 0 unspecified atom stereocenters. The lowest BCUT2D eigenvalue weighted by Gasteiger charge is -2.33. The van der Waals surface area contributed by atoms with E-state index in [2.05, 4.69) is 40.6 Å². The Balaban J connectivity index is 1.26. The van der Waals surface area contributed by atoms with Crippen molar-refractivity contribution in [1.29, 1.82) is 0 Å². The molecule has 7 rings (SSSR count). The molecule has 3 aromatic carbocycles. The van der Waals surface area contributed by atoms with Gasteiger partial charge in [-0.2, -0.15) is 4.98 Å². The summed E-state index contributed by atoms with van der Waals surface area (Å²) in [7, 11) is 0. The van der Waals surface area contributed by atoms with Gasteiger partial charge < -0.3 is 15.3 Å². The van der Waals surface area contributed by atoms with Crippen LogP contribution in [0.5, 0.6) is 5.75 Å². The Morgan fingerprint density at radius 3 is 2.68 bits per heavy atom. The zero-order valence-electron chi connectivity index (χ0n) is 20.9. The molecular weight excluding hydrogens is 476 g/mol. The highest BCUT2D eigenvalue weighted by Gasteiger charge is 2.35. The molecule has 2 fully saturated rings. The zero-order chi connectivity index (χ0) is 25.6. The highest BCUT2D eigenvalue weighted by atomic mass is 16.3. The monoisotopic (exact) mass is 504 g/mol. The van der Waals surface area contributed by atoms with E-state index in [1.165, 1.54) is 0 Å². The van der Waals surface area contributed by atoms with Gasteiger partial charge in [-0.3, -0.25) is 9.36 Å². The van der Waals surface area contributed by atoms with Crippen molar-refractivity contribution in [3.8, 4) is 23.0 Å². The maximum Gasteiger partial charge on any atom is 0.225 e. The van der Waals surface area contributed by atoms with Crippen LogP contribution in [0.3, 0.4) is 0 Å². The van der Waals surface area contributed by atoms with Gasteiger partial charge in [0, 0.05) is 42.9 Å². The van der Waals surface area contributed by atoms with Crippen LogP contribution in [0.2, 0.25) is 0 Å². The molecule has 1 atom stereocenters. The highest BCUT2D eigenvalue weighted by Crippen LogP contribution is 2.33. The molecule has 0 bridgehead atoms.